The molecular formula is C20H29N3O3. The second kappa shape index (κ2) is 8.54. The van der Waals surface area contributed by atoms with Gasteiger partial charge in [-0.15, -0.1) is 0 Å². The third-order valence-electron chi connectivity index (χ3n) is 5.18. The Balaban J connectivity index is 1.62. The molecule has 0 saturated carbocycles. The minimum Gasteiger partial charge on any atom is -0.376 e. The zero-order valence-electron chi connectivity index (χ0n) is 15.8. The van der Waals surface area contributed by atoms with Gasteiger partial charge in [-0.25, -0.2) is 4.79 Å². The smallest absolute Gasteiger partial charge is 0.321 e. The van der Waals surface area contributed by atoms with Crippen LogP contribution in [0, 0.1) is 6.92 Å². The van der Waals surface area contributed by atoms with E-state index < -0.39 is 0 Å². The zero-order chi connectivity index (χ0) is 18.5. The number of benzene rings is 1. The molecule has 3 rings (SSSR count). The molecule has 1 atom stereocenters. The second-order valence-corrected chi connectivity index (χ2v) is 7.11. The first-order chi connectivity index (χ1) is 12.6. The summed E-state index contributed by atoms with van der Waals surface area (Å²) in [5, 5.41) is 2.98. The van der Waals surface area contributed by atoms with E-state index in [1.54, 1.807) is 4.90 Å². The van der Waals surface area contributed by atoms with E-state index in [2.05, 4.69) is 5.32 Å². The van der Waals surface area contributed by atoms with Crippen molar-refractivity contribution in [2.75, 3.05) is 36.5 Å². The van der Waals surface area contributed by atoms with Crippen LogP contribution in [-0.2, 0) is 9.53 Å². The molecule has 1 unspecified atom stereocenters. The fourth-order valence-electron chi connectivity index (χ4n) is 3.69. The summed E-state index contributed by atoms with van der Waals surface area (Å²) in [6, 6.07) is 5.63. The van der Waals surface area contributed by atoms with Gasteiger partial charge in [0.15, 0.2) is 0 Å². The minimum absolute atomic E-state index is 0.105. The van der Waals surface area contributed by atoms with Crippen LogP contribution in [0.3, 0.4) is 0 Å². The molecule has 26 heavy (non-hydrogen) atoms. The van der Waals surface area contributed by atoms with Gasteiger partial charge in [0.05, 0.1) is 6.10 Å². The summed E-state index contributed by atoms with van der Waals surface area (Å²) in [5.41, 5.74) is 2.69. The Bertz CT molecular complexity index is 656. The van der Waals surface area contributed by atoms with E-state index in [1.165, 1.54) is 6.42 Å². The van der Waals surface area contributed by atoms with Gasteiger partial charge in [-0.1, -0.05) is 0 Å². The van der Waals surface area contributed by atoms with Crippen molar-refractivity contribution in [1.29, 1.82) is 0 Å². The topological polar surface area (TPSA) is 61.9 Å². The number of carbonyl (C=O) groups excluding carboxylic acids is 2. The van der Waals surface area contributed by atoms with Crippen molar-refractivity contribution in [2.45, 2.75) is 52.1 Å². The average Bonchev–Trinajstić information content (AvgIpc) is 3.06. The summed E-state index contributed by atoms with van der Waals surface area (Å²) in [5.74, 6) is 0.175. The lowest BCUT2D eigenvalue weighted by Gasteiger charge is -2.29. The van der Waals surface area contributed by atoms with Gasteiger partial charge in [0.25, 0.3) is 0 Å². The first-order valence-electron chi connectivity index (χ1n) is 9.67. The minimum atomic E-state index is -0.105. The summed E-state index contributed by atoms with van der Waals surface area (Å²) in [4.78, 5) is 28.2. The normalized spacial score (nSPS) is 20.3. The lowest BCUT2D eigenvalue weighted by atomic mass is 10.1. The highest BCUT2D eigenvalue weighted by molar-refractivity contribution is 5.96. The van der Waals surface area contributed by atoms with E-state index in [1.807, 2.05) is 36.9 Å². The van der Waals surface area contributed by atoms with Crippen molar-refractivity contribution >= 4 is 23.3 Å². The molecule has 0 bridgehead atoms. The van der Waals surface area contributed by atoms with E-state index in [-0.39, 0.29) is 18.0 Å². The van der Waals surface area contributed by atoms with E-state index in [4.69, 9.17) is 4.74 Å². The van der Waals surface area contributed by atoms with Gasteiger partial charge in [-0.05, 0) is 63.3 Å². The monoisotopic (exact) mass is 359 g/mol. The van der Waals surface area contributed by atoms with Gasteiger partial charge >= 0.3 is 6.03 Å². The van der Waals surface area contributed by atoms with Crippen molar-refractivity contribution in [3.63, 3.8) is 0 Å². The Morgan fingerprint density at radius 2 is 2.19 bits per heavy atom. The molecule has 0 aromatic heterocycles. The lowest BCUT2D eigenvalue weighted by Crippen LogP contribution is -2.41. The molecule has 2 heterocycles. The number of urea groups is 1. The third kappa shape index (κ3) is 4.36. The summed E-state index contributed by atoms with van der Waals surface area (Å²) in [7, 11) is 0. The Morgan fingerprint density at radius 1 is 1.35 bits per heavy atom. The van der Waals surface area contributed by atoms with Crippen LogP contribution in [0.1, 0.15) is 44.6 Å². The van der Waals surface area contributed by atoms with Gasteiger partial charge in [-0.3, -0.25) is 4.79 Å². The molecular weight excluding hydrogens is 330 g/mol. The highest BCUT2D eigenvalue weighted by Gasteiger charge is 2.24. The number of nitrogens with zero attached hydrogens (tertiary/aromatic N) is 2. The molecule has 0 spiro atoms. The molecule has 6 heteroatoms. The third-order valence-corrected chi connectivity index (χ3v) is 5.18. The first kappa shape index (κ1) is 18.7. The first-order valence-corrected chi connectivity index (χ1v) is 9.67. The van der Waals surface area contributed by atoms with Crippen molar-refractivity contribution in [1.82, 2.24) is 4.90 Å². The lowest BCUT2D eigenvalue weighted by molar-refractivity contribution is -0.117. The number of nitrogens with one attached hydrogen (secondary N) is 1. The number of hydrogen-bond donors (Lipinski definition) is 1. The van der Waals surface area contributed by atoms with E-state index >= 15 is 0 Å². The molecule has 0 radical (unpaired) electrons. The van der Waals surface area contributed by atoms with Crippen molar-refractivity contribution in [3.8, 4) is 0 Å². The molecule has 2 aliphatic heterocycles. The number of hydrogen-bond acceptors (Lipinski definition) is 3. The number of rotatable bonds is 5. The van der Waals surface area contributed by atoms with Crippen LogP contribution in [0.2, 0.25) is 0 Å². The Kier molecular flexibility index (Phi) is 6.14. The van der Waals surface area contributed by atoms with Gasteiger partial charge < -0.3 is 19.9 Å². The number of likely N-dealkylation sites (N-methyl/N-ethyl adjacent to an activating group) is 1. The van der Waals surface area contributed by atoms with Gasteiger partial charge in [0.2, 0.25) is 5.91 Å². The van der Waals surface area contributed by atoms with E-state index in [0.717, 1.165) is 49.4 Å². The van der Waals surface area contributed by atoms with E-state index in [0.29, 0.717) is 19.5 Å². The second-order valence-electron chi connectivity index (χ2n) is 7.11. The summed E-state index contributed by atoms with van der Waals surface area (Å²) in [6.45, 7) is 6.79. The van der Waals surface area contributed by atoms with Crippen molar-refractivity contribution < 1.29 is 14.3 Å². The molecule has 6 nitrogen and oxygen atoms in total. The molecule has 2 saturated heterocycles. The maximum absolute atomic E-state index is 12.6. The van der Waals surface area contributed by atoms with Crippen LogP contribution in [-0.4, -0.2) is 49.2 Å². The number of anilines is 2. The highest BCUT2D eigenvalue weighted by atomic mass is 16.5. The van der Waals surface area contributed by atoms with Crippen molar-refractivity contribution in [3.05, 3.63) is 23.8 Å². The number of ether oxygens (including phenoxy) is 1. The maximum Gasteiger partial charge on any atom is 0.321 e. The molecule has 0 aliphatic carbocycles. The zero-order valence-corrected chi connectivity index (χ0v) is 15.8. The molecule has 2 aliphatic rings. The number of amides is 3. The molecule has 1 N–H and O–H groups in total. The fraction of sp³-hybridized carbons (Fsp3) is 0.600. The highest BCUT2D eigenvalue weighted by Crippen LogP contribution is 2.27. The van der Waals surface area contributed by atoms with E-state index in [9.17, 15) is 9.59 Å². The standard InChI is InChI=1S/C20H29N3O3/c1-3-22(14-17-7-4-5-12-26-17)20(25)21-16-9-10-18(15(2)13-16)23-11-6-8-19(23)24/h9-10,13,17H,3-8,11-12,14H2,1-2H3,(H,21,25). The largest absolute Gasteiger partial charge is 0.376 e. The SMILES string of the molecule is CCN(CC1CCCCO1)C(=O)Nc1ccc(N2CCCC2=O)c(C)c1. The van der Waals surface area contributed by atoms with Crippen LogP contribution in [0.4, 0.5) is 16.2 Å². The molecule has 1 aromatic carbocycles. The Labute approximate surface area is 155 Å². The van der Waals surface area contributed by atoms with Gasteiger partial charge in [-0.2, -0.15) is 0 Å². The summed E-state index contributed by atoms with van der Waals surface area (Å²) in [6.07, 6.45) is 4.96. The van der Waals surface area contributed by atoms with Crippen LogP contribution in [0.15, 0.2) is 18.2 Å². The number of carbonyl (C=O) groups is 2. The van der Waals surface area contributed by atoms with Crippen LogP contribution >= 0.6 is 0 Å². The Morgan fingerprint density at radius 3 is 2.81 bits per heavy atom. The average molecular weight is 359 g/mol. The maximum atomic E-state index is 12.6. The predicted octanol–water partition coefficient (Wildman–Crippen LogP) is 3.54. The number of aryl methyl sites for hydroxylation is 1. The van der Waals surface area contributed by atoms with Gasteiger partial charge in [0.1, 0.15) is 0 Å². The fourth-order valence-corrected chi connectivity index (χ4v) is 3.69. The van der Waals surface area contributed by atoms with Crippen LogP contribution < -0.4 is 10.2 Å². The van der Waals surface area contributed by atoms with Crippen LogP contribution in [0.5, 0.6) is 0 Å². The van der Waals surface area contributed by atoms with Crippen molar-refractivity contribution in [2.24, 2.45) is 0 Å². The summed E-state index contributed by atoms with van der Waals surface area (Å²) < 4.78 is 5.75. The molecule has 3 amide bonds. The van der Waals surface area contributed by atoms with Crippen LogP contribution in [0.25, 0.3) is 0 Å². The molecule has 1 aromatic rings. The molecule has 142 valence electrons. The molecule has 2 fully saturated rings. The summed E-state index contributed by atoms with van der Waals surface area (Å²) >= 11 is 0. The quantitative estimate of drug-likeness (QED) is 0.875. The Hall–Kier alpha value is -2.08. The predicted molar refractivity (Wildman–Crippen MR) is 103 cm³/mol. The van der Waals surface area contributed by atoms with Gasteiger partial charge in [0, 0.05) is 44.0 Å².